The second-order valence-electron chi connectivity index (χ2n) is 8.95. The third kappa shape index (κ3) is 5.51. The van der Waals surface area contributed by atoms with Crippen molar-refractivity contribution in [3.8, 4) is 34.2 Å². The van der Waals surface area contributed by atoms with Gasteiger partial charge in [0.25, 0.3) is 0 Å². The highest BCUT2D eigenvalue weighted by molar-refractivity contribution is 5.74. The van der Waals surface area contributed by atoms with Crippen LogP contribution in [0.5, 0.6) is 17.2 Å². The minimum atomic E-state index is 0.322. The van der Waals surface area contributed by atoms with Gasteiger partial charge in [-0.15, -0.1) is 0 Å². The van der Waals surface area contributed by atoms with Crippen molar-refractivity contribution in [2.45, 2.75) is 26.4 Å². The van der Waals surface area contributed by atoms with Crippen LogP contribution in [0.4, 0.5) is 0 Å². The lowest BCUT2D eigenvalue weighted by Gasteiger charge is -2.19. The number of benzene rings is 4. The summed E-state index contributed by atoms with van der Waals surface area (Å²) in [6.45, 7) is 2.65. The molecule has 186 valence electrons. The topological polar surface area (TPSA) is 56.5 Å². The summed E-state index contributed by atoms with van der Waals surface area (Å²) >= 11 is 0. The molecule has 0 atom stereocenters. The first kappa shape index (κ1) is 24.2. The van der Waals surface area contributed by atoms with E-state index in [2.05, 4.69) is 48.0 Å². The van der Waals surface area contributed by atoms with Crippen LogP contribution in [0.1, 0.15) is 22.4 Å². The molecule has 1 N–H and O–H groups in total. The van der Waals surface area contributed by atoms with Gasteiger partial charge in [0.2, 0.25) is 0 Å². The Labute approximate surface area is 217 Å². The molecule has 6 rings (SSSR count). The van der Waals surface area contributed by atoms with Gasteiger partial charge in [-0.2, -0.15) is 5.10 Å². The molecule has 0 aliphatic heterocycles. The highest BCUT2D eigenvalue weighted by Gasteiger charge is 2.24. The van der Waals surface area contributed by atoms with Crippen molar-refractivity contribution in [1.82, 2.24) is 9.78 Å². The number of phenolic OH excluding ortho intramolecular Hbond substituents is 1. The average Bonchev–Trinajstić information content (AvgIpc) is 3.30. The Balaban J connectivity index is 0.000000348. The number of methoxy groups -OCH3 is 1. The van der Waals surface area contributed by atoms with E-state index in [0.29, 0.717) is 12.4 Å². The second kappa shape index (κ2) is 11.0. The van der Waals surface area contributed by atoms with Gasteiger partial charge in [-0.05, 0) is 79.4 Å². The Morgan fingerprint density at radius 2 is 1.49 bits per heavy atom. The minimum absolute atomic E-state index is 0.322. The number of rotatable bonds is 5. The van der Waals surface area contributed by atoms with Gasteiger partial charge in [0.15, 0.2) is 0 Å². The first-order chi connectivity index (χ1) is 18.1. The van der Waals surface area contributed by atoms with Crippen LogP contribution < -0.4 is 9.47 Å². The molecule has 1 aliphatic carbocycles. The summed E-state index contributed by atoms with van der Waals surface area (Å²) in [5.41, 5.74) is 8.31. The monoisotopic (exact) mass is 490 g/mol. The first-order valence-corrected chi connectivity index (χ1v) is 12.4. The number of aromatic hydroxyl groups is 1. The van der Waals surface area contributed by atoms with Crippen LogP contribution in [0.2, 0.25) is 0 Å². The third-order valence-corrected chi connectivity index (χ3v) is 6.49. The number of para-hydroxylation sites is 1. The van der Waals surface area contributed by atoms with E-state index in [9.17, 15) is 0 Å². The standard InChI is InChI=1S/C26H24N2O2.C6H6O/c1-18-24-15-9-20-8-12-23(29-2)16-25(20)26(24)28(27-18)21-10-13-22(14-11-21)30-17-19-6-4-3-5-7-19;7-6-4-2-1-3-5-6/h3-8,10-14,16H,9,15,17H2,1-2H3;1-5,7H. The van der Waals surface area contributed by atoms with Gasteiger partial charge < -0.3 is 14.6 Å². The maximum absolute atomic E-state index is 8.63. The fourth-order valence-electron chi connectivity index (χ4n) is 4.56. The highest BCUT2D eigenvalue weighted by atomic mass is 16.5. The smallest absolute Gasteiger partial charge is 0.119 e. The number of hydrogen-bond donors (Lipinski definition) is 1. The molecule has 1 heterocycles. The molecule has 5 nitrogen and oxygen atoms in total. The summed E-state index contributed by atoms with van der Waals surface area (Å²) in [7, 11) is 1.71. The summed E-state index contributed by atoms with van der Waals surface area (Å²) in [4.78, 5) is 0. The largest absolute Gasteiger partial charge is 0.508 e. The van der Waals surface area contributed by atoms with Crippen LogP contribution >= 0.6 is 0 Å². The van der Waals surface area contributed by atoms with Crippen LogP contribution in [-0.4, -0.2) is 22.0 Å². The van der Waals surface area contributed by atoms with E-state index < -0.39 is 0 Å². The van der Waals surface area contributed by atoms with E-state index >= 15 is 0 Å². The van der Waals surface area contributed by atoms with E-state index in [1.54, 1.807) is 31.4 Å². The van der Waals surface area contributed by atoms with Crippen LogP contribution in [-0.2, 0) is 19.4 Å². The molecular weight excluding hydrogens is 460 g/mol. The number of hydrogen-bond acceptors (Lipinski definition) is 4. The summed E-state index contributed by atoms with van der Waals surface area (Å²) in [5.74, 6) is 2.04. The predicted octanol–water partition coefficient (Wildman–Crippen LogP) is 6.93. The summed E-state index contributed by atoms with van der Waals surface area (Å²) in [6.07, 6.45) is 2.05. The molecule has 0 saturated carbocycles. The highest BCUT2D eigenvalue weighted by Crippen LogP contribution is 2.38. The molecule has 4 aromatic carbocycles. The molecule has 1 aliphatic rings. The molecule has 0 bridgehead atoms. The number of phenols is 1. The Kier molecular flexibility index (Phi) is 7.22. The van der Waals surface area contributed by atoms with Crippen molar-refractivity contribution < 1.29 is 14.6 Å². The molecule has 1 aromatic heterocycles. The minimum Gasteiger partial charge on any atom is -0.508 e. The van der Waals surface area contributed by atoms with Gasteiger partial charge in [-0.3, -0.25) is 0 Å². The fourth-order valence-corrected chi connectivity index (χ4v) is 4.56. The Bertz CT molecular complexity index is 1460. The van der Waals surface area contributed by atoms with Gasteiger partial charge >= 0.3 is 0 Å². The van der Waals surface area contributed by atoms with Gasteiger partial charge in [-0.1, -0.05) is 54.6 Å². The van der Waals surface area contributed by atoms with Crippen molar-refractivity contribution in [3.63, 3.8) is 0 Å². The summed E-state index contributed by atoms with van der Waals surface area (Å²) in [6, 6.07) is 33.4. The van der Waals surface area contributed by atoms with Crippen LogP contribution in [0, 0.1) is 6.92 Å². The van der Waals surface area contributed by atoms with Crippen molar-refractivity contribution in [1.29, 1.82) is 0 Å². The Morgan fingerprint density at radius 1 is 0.811 bits per heavy atom. The van der Waals surface area contributed by atoms with Crippen molar-refractivity contribution in [3.05, 3.63) is 126 Å². The molecule has 0 amide bonds. The maximum atomic E-state index is 8.63. The van der Waals surface area contributed by atoms with Crippen LogP contribution in [0.25, 0.3) is 16.9 Å². The van der Waals surface area contributed by atoms with E-state index in [4.69, 9.17) is 19.7 Å². The molecule has 37 heavy (non-hydrogen) atoms. The van der Waals surface area contributed by atoms with Gasteiger partial charge in [0, 0.05) is 11.1 Å². The number of aryl methyl sites for hydroxylation is 2. The zero-order valence-corrected chi connectivity index (χ0v) is 21.1. The number of fused-ring (bicyclic) bond motifs is 3. The molecule has 0 unspecified atom stereocenters. The molecule has 0 radical (unpaired) electrons. The lowest BCUT2D eigenvalue weighted by atomic mass is 9.89. The molecule has 0 fully saturated rings. The van der Waals surface area contributed by atoms with E-state index in [1.807, 2.05) is 42.5 Å². The molecule has 0 saturated heterocycles. The number of ether oxygens (including phenoxy) is 2. The number of aromatic nitrogens is 2. The lowest BCUT2D eigenvalue weighted by molar-refractivity contribution is 0.306. The summed E-state index contributed by atoms with van der Waals surface area (Å²) in [5, 5.41) is 13.5. The van der Waals surface area contributed by atoms with Crippen LogP contribution in [0.3, 0.4) is 0 Å². The number of nitrogens with zero attached hydrogens (tertiary/aromatic N) is 2. The third-order valence-electron chi connectivity index (χ3n) is 6.49. The van der Waals surface area contributed by atoms with E-state index in [1.165, 1.54) is 22.4 Å². The Morgan fingerprint density at radius 3 is 2.14 bits per heavy atom. The van der Waals surface area contributed by atoms with E-state index in [0.717, 1.165) is 41.3 Å². The van der Waals surface area contributed by atoms with E-state index in [-0.39, 0.29) is 0 Å². The van der Waals surface area contributed by atoms with Gasteiger partial charge in [0.1, 0.15) is 23.9 Å². The van der Waals surface area contributed by atoms with Crippen LogP contribution in [0.15, 0.2) is 103 Å². The second-order valence-corrected chi connectivity index (χ2v) is 8.95. The maximum Gasteiger partial charge on any atom is 0.119 e. The normalized spacial score (nSPS) is 11.5. The van der Waals surface area contributed by atoms with Crippen molar-refractivity contribution in [2.75, 3.05) is 7.11 Å². The van der Waals surface area contributed by atoms with Crippen molar-refractivity contribution in [2.24, 2.45) is 0 Å². The molecule has 0 spiro atoms. The SMILES string of the molecule is COc1ccc2c(c1)-c1c(c(C)nn1-c1ccc(OCc3ccccc3)cc1)CC2.Oc1ccccc1. The molecule has 5 heteroatoms. The fraction of sp³-hybridized carbons (Fsp3) is 0.156. The van der Waals surface area contributed by atoms with Gasteiger partial charge in [-0.25, -0.2) is 4.68 Å². The quantitative estimate of drug-likeness (QED) is 0.290. The zero-order chi connectivity index (χ0) is 25.6. The molecular formula is C32H30N2O3. The summed E-state index contributed by atoms with van der Waals surface area (Å²) < 4.78 is 13.5. The van der Waals surface area contributed by atoms with Crippen molar-refractivity contribution >= 4 is 0 Å². The zero-order valence-electron chi connectivity index (χ0n) is 21.1. The Hall–Kier alpha value is -4.51. The molecule has 5 aromatic rings. The predicted molar refractivity (Wildman–Crippen MR) is 147 cm³/mol. The first-order valence-electron chi connectivity index (χ1n) is 12.4. The van der Waals surface area contributed by atoms with Gasteiger partial charge in [0.05, 0.1) is 24.2 Å². The average molecular weight is 491 g/mol. The lowest BCUT2D eigenvalue weighted by Crippen LogP contribution is -2.07.